The second kappa shape index (κ2) is 6.56. The predicted octanol–water partition coefficient (Wildman–Crippen LogP) is 5.40. The van der Waals surface area contributed by atoms with Gasteiger partial charge in [-0.25, -0.2) is 0 Å². The van der Waals surface area contributed by atoms with Crippen molar-refractivity contribution in [2.45, 2.75) is 66.2 Å². The van der Waals surface area contributed by atoms with Crippen LogP contribution in [0.5, 0.6) is 0 Å². The normalized spacial score (nSPS) is 18.0. The van der Waals surface area contributed by atoms with Gasteiger partial charge in [0.15, 0.2) is 5.78 Å². The van der Waals surface area contributed by atoms with Crippen LogP contribution in [0.3, 0.4) is 0 Å². The lowest BCUT2D eigenvalue weighted by atomic mass is 9.74. The Morgan fingerprint density at radius 2 is 1.65 bits per heavy atom. The maximum atomic E-state index is 13.0. The molecule has 110 valence electrons. The molecule has 0 amide bonds. The minimum atomic E-state index is 0.232. The van der Waals surface area contributed by atoms with Crippen LogP contribution in [0.25, 0.3) is 0 Å². The van der Waals surface area contributed by atoms with Crippen LogP contribution in [0.15, 0.2) is 12.1 Å². The molecule has 1 fully saturated rings. The van der Waals surface area contributed by atoms with E-state index in [0.29, 0.717) is 11.7 Å². The third-order valence-corrected chi connectivity index (χ3v) is 4.92. The first-order valence-electron chi connectivity index (χ1n) is 8.16. The summed E-state index contributed by atoms with van der Waals surface area (Å²) in [6.07, 6.45) is 7.43. The van der Waals surface area contributed by atoms with E-state index in [1.807, 2.05) is 0 Å². The molecule has 1 atom stereocenters. The van der Waals surface area contributed by atoms with Crippen LogP contribution in [0.4, 0.5) is 0 Å². The number of carbonyl (C=O) groups excluding carboxylic acids is 1. The molecule has 0 radical (unpaired) electrons. The molecule has 1 heteroatoms. The van der Waals surface area contributed by atoms with E-state index in [2.05, 4.69) is 39.8 Å². The zero-order valence-electron chi connectivity index (χ0n) is 13.5. The number of rotatable bonds is 4. The third-order valence-electron chi connectivity index (χ3n) is 4.92. The second-order valence-electron chi connectivity index (χ2n) is 6.55. The minimum absolute atomic E-state index is 0.232. The SMILES string of the molecule is CCC(C(=O)c1c(C)cc(C)cc1C)C1CCCCC1. The van der Waals surface area contributed by atoms with E-state index >= 15 is 0 Å². The van der Waals surface area contributed by atoms with Gasteiger partial charge in [-0.1, -0.05) is 43.9 Å². The molecule has 1 aromatic carbocycles. The number of ketones is 1. The van der Waals surface area contributed by atoms with Crippen molar-refractivity contribution >= 4 is 5.78 Å². The summed E-state index contributed by atoms with van der Waals surface area (Å²) < 4.78 is 0. The summed E-state index contributed by atoms with van der Waals surface area (Å²) in [7, 11) is 0. The van der Waals surface area contributed by atoms with Crippen LogP contribution >= 0.6 is 0 Å². The van der Waals surface area contributed by atoms with Gasteiger partial charge in [-0.2, -0.15) is 0 Å². The van der Waals surface area contributed by atoms with Crippen LogP contribution in [-0.4, -0.2) is 5.78 Å². The van der Waals surface area contributed by atoms with E-state index in [0.717, 1.165) is 23.1 Å². The largest absolute Gasteiger partial charge is 0.294 e. The van der Waals surface area contributed by atoms with Crippen molar-refractivity contribution < 1.29 is 4.79 Å². The van der Waals surface area contributed by atoms with Gasteiger partial charge in [0, 0.05) is 11.5 Å². The van der Waals surface area contributed by atoms with Crippen molar-refractivity contribution in [2.24, 2.45) is 11.8 Å². The molecule has 0 spiro atoms. The number of Topliss-reactive ketones (excluding diaryl/α,β-unsaturated/α-hetero) is 1. The van der Waals surface area contributed by atoms with Gasteiger partial charge in [0.25, 0.3) is 0 Å². The number of carbonyl (C=O) groups is 1. The first-order valence-corrected chi connectivity index (χ1v) is 8.16. The van der Waals surface area contributed by atoms with Gasteiger partial charge in [0.2, 0.25) is 0 Å². The van der Waals surface area contributed by atoms with Gasteiger partial charge in [-0.3, -0.25) is 4.79 Å². The maximum Gasteiger partial charge on any atom is 0.166 e. The number of benzene rings is 1. The van der Waals surface area contributed by atoms with E-state index in [1.54, 1.807) is 0 Å². The molecule has 0 aromatic heterocycles. The highest BCUT2D eigenvalue weighted by Gasteiger charge is 2.30. The van der Waals surface area contributed by atoms with Gasteiger partial charge in [0.1, 0.15) is 0 Å². The van der Waals surface area contributed by atoms with Crippen molar-refractivity contribution in [3.8, 4) is 0 Å². The van der Waals surface area contributed by atoms with Gasteiger partial charge in [0.05, 0.1) is 0 Å². The molecule has 1 saturated carbocycles. The van der Waals surface area contributed by atoms with Crippen molar-refractivity contribution in [3.05, 3.63) is 34.4 Å². The topological polar surface area (TPSA) is 17.1 Å². The molecule has 0 bridgehead atoms. The third kappa shape index (κ3) is 3.13. The zero-order chi connectivity index (χ0) is 14.7. The van der Waals surface area contributed by atoms with E-state index in [-0.39, 0.29) is 5.92 Å². The van der Waals surface area contributed by atoms with Crippen LogP contribution < -0.4 is 0 Å². The highest BCUT2D eigenvalue weighted by atomic mass is 16.1. The quantitative estimate of drug-likeness (QED) is 0.671. The van der Waals surface area contributed by atoms with Crippen LogP contribution in [0.2, 0.25) is 0 Å². The Labute approximate surface area is 123 Å². The summed E-state index contributed by atoms with van der Waals surface area (Å²) in [4.78, 5) is 13.0. The molecule has 2 rings (SSSR count). The van der Waals surface area contributed by atoms with Crippen molar-refractivity contribution in [1.82, 2.24) is 0 Å². The Balaban J connectivity index is 2.28. The molecule has 0 heterocycles. The van der Waals surface area contributed by atoms with Gasteiger partial charge in [-0.15, -0.1) is 0 Å². The summed E-state index contributed by atoms with van der Waals surface area (Å²) in [5, 5.41) is 0. The molecule has 1 nitrogen and oxygen atoms in total. The average Bonchev–Trinajstić information content (AvgIpc) is 2.39. The molecule has 20 heavy (non-hydrogen) atoms. The van der Waals surface area contributed by atoms with Crippen LogP contribution in [0, 0.1) is 32.6 Å². The molecule has 1 aliphatic rings. The predicted molar refractivity (Wildman–Crippen MR) is 85.3 cm³/mol. The van der Waals surface area contributed by atoms with Crippen LogP contribution in [-0.2, 0) is 0 Å². The lowest BCUT2D eigenvalue weighted by Crippen LogP contribution is -2.26. The highest BCUT2D eigenvalue weighted by Crippen LogP contribution is 2.34. The van der Waals surface area contributed by atoms with E-state index < -0.39 is 0 Å². The average molecular weight is 272 g/mol. The monoisotopic (exact) mass is 272 g/mol. The lowest BCUT2D eigenvalue weighted by molar-refractivity contribution is 0.0839. The molecule has 0 N–H and O–H groups in total. The zero-order valence-corrected chi connectivity index (χ0v) is 13.5. The van der Waals surface area contributed by atoms with E-state index in [9.17, 15) is 4.79 Å². The first-order chi connectivity index (χ1) is 9.54. The van der Waals surface area contributed by atoms with Gasteiger partial charge >= 0.3 is 0 Å². The molecule has 0 saturated heterocycles. The molecule has 1 unspecified atom stereocenters. The molecular formula is C19H28O. The summed E-state index contributed by atoms with van der Waals surface area (Å²) in [6, 6.07) is 4.29. The molecule has 1 aliphatic carbocycles. The summed E-state index contributed by atoms with van der Waals surface area (Å²) in [5.74, 6) is 1.24. The Hall–Kier alpha value is -1.11. The Morgan fingerprint density at radius 3 is 2.15 bits per heavy atom. The minimum Gasteiger partial charge on any atom is -0.294 e. The summed E-state index contributed by atoms with van der Waals surface area (Å²) >= 11 is 0. The molecular weight excluding hydrogens is 244 g/mol. The first kappa shape index (κ1) is 15.3. The van der Waals surface area contributed by atoms with Crippen molar-refractivity contribution in [1.29, 1.82) is 0 Å². The van der Waals surface area contributed by atoms with E-state index in [1.165, 1.54) is 37.7 Å². The Bertz CT molecular complexity index is 458. The fourth-order valence-electron chi connectivity index (χ4n) is 4.02. The smallest absolute Gasteiger partial charge is 0.166 e. The van der Waals surface area contributed by atoms with Crippen molar-refractivity contribution in [3.63, 3.8) is 0 Å². The van der Waals surface area contributed by atoms with Crippen molar-refractivity contribution in [2.75, 3.05) is 0 Å². The highest BCUT2D eigenvalue weighted by molar-refractivity contribution is 6.00. The Morgan fingerprint density at radius 1 is 1.10 bits per heavy atom. The Kier molecular flexibility index (Phi) is 5.01. The summed E-state index contributed by atoms with van der Waals surface area (Å²) in [5.41, 5.74) is 4.55. The standard InChI is InChI=1S/C19H28O/c1-5-17(16-9-7-6-8-10-16)19(20)18-14(3)11-13(2)12-15(18)4/h11-12,16-17H,5-10H2,1-4H3. The van der Waals surface area contributed by atoms with Gasteiger partial charge in [-0.05, 0) is 57.1 Å². The number of aryl methyl sites for hydroxylation is 3. The lowest BCUT2D eigenvalue weighted by Gasteiger charge is -2.29. The number of hydrogen-bond donors (Lipinski definition) is 0. The van der Waals surface area contributed by atoms with Crippen LogP contribution in [0.1, 0.15) is 72.5 Å². The van der Waals surface area contributed by atoms with E-state index in [4.69, 9.17) is 0 Å². The van der Waals surface area contributed by atoms with Gasteiger partial charge < -0.3 is 0 Å². The maximum absolute atomic E-state index is 13.0. The second-order valence-corrected chi connectivity index (χ2v) is 6.55. The number of hydrogen-bond acceptors (Lipinski definition) is 1. The fourth-order valence-corrected chi connectivity index (χ4v) is 4.02. The molecule has 0 aliphatic heterocycles. The molecule has 1 aromatic rings. The fraction of sp³-hybridized carbons (Fsp3) is 0.632. The summed E-state index contributed by atoms with van der Waals surface area (Å²) in [6.45, 7) is 8.45.